The Balaban J connectivity index is 2.01. The molecule has 2 rings (SSSR count). The average molecular weight is 254 g/mol. The van der Waals surface area contributed by atoms with Gasteiger partial charge in [0.05, 0.1) is 11.4 Å². The molecule has 18 heavy (non-hydrogen) atoms. The van der Waals surface area contributed by atoms with Crippen molar-refractivity contribution in [2.45, 2.75) is 32.6 Å². The van der Waals surface area contributed by atoms with Gasteiger partial charge in [-0.3, -0.25) is 0 Å². The maximum Gasteiger partial charge on any atom is 0.151 e. The summed E-state index contributed by atoms with van der Waals surface area (Å²) in [4.78, 5) is 0. The second kappa shape index (κ2) is 5.55. The number of nitrogens with two attached hydrogens (primary N) is 1. The summed E-state index contributed by atoms with van der Waals surface area (Å²) in [6, 6.07) is 2.07. The molecule has 2 atom stereocenters. The van der Waals surface area contributed by atoms with Crippen LogP contribution in [0.2, 0.25) is 0 Å². The monoisotopic (exact) mass is 254 g/mol. The highest BCUT2D eigenvalue weighted by atomic mass is 19.1. The lowest BCUT2D eigenvalue weighted by atomic mass is 9.80. The fourth-order valence-electron chi connectivity index (χ4n) is 2.67. The molecule has 0 bridgehead atoms. The van der Waals surface area contributed by atoms with Crippen molar-refractivity contribution >= 4 is 11.4 Å². The fourth-order valence-corrected chi connectivity index (χ4v) is 2.67. The van der Waals surface area contributed by atoms with Crippen molar-refractivity contribution in [3.8, 4) is 0 Å². The summed E-state index contributed by atoms with van der Waals surface area (Å²) in [7, 11) is 0. The molecule has 1 aromatic rings. The Kier molecular flexibility index (Phi) is 4.04. The van der Waals surface area contributed by atoms with Gasteiger partial charge in [-0.05, 0) is 24.3 Å². The van der Waals surface area contributed by atoms with E-state index in [1.54, 1.807) is 0 Å². The Bertz CT molecular complexity index is 421. The molecule has 1 saturated carbocycles. The maximum absolute atomic E-state index is 13.3. The number of nitrogens with one attached hydrogen (secondary N) is 1. The van der Waals surface area contributed by atoms with Crippen LogP contribution in [0.3, 0.4) is 0 Å². The van der Waals surface area contributed by atoms with Gasteiger partial charge < -0.3 is 11.1 Å². The lowest BCUT2D eigenvalue weighted by Gasteiger charge is -2.29. The van der Waals surface area contributed by atoms with Crippen LogP contribution in [-0.2, 0) is 0 Å². The van der Waals surface area contributed by atoms with Crippen LogP contribution < -0.4 is 11.1 Å². The topological polar surface area (TPSA) is 38.0 Å². The second-order valence-corrected chi connectivity index (χ2v) is 5.25. The molecule has 1 aromatic carbocycles. The van der Waals surface area contributed by atoms with Crippen LogP contribution in [0.4, 0.5) is 20.2 Å². The smallest absolute Gasteiger partial charge is 0.151 e. The van der Waals surface area contributed by atoms with E-state index in [0.717, 1.165) is 12.6 Å². The third kappa shape index (κ3) is 2.92. The number of anilines is 2. The van der Waals surface area contributed by atoms with E-state index in [0.29, 0.717) is 17.5 Å². The van der Waals surface area contributed by atoms with Gasteiger partial charge in [-0.15, -0.1) is 0 Å². The molecular formula is C14H20F2N2. The first-order valence-electron chi connectivity index (χ1n) is 6.56. The molecule has 100 valence electrons. The zero-order valence-electron chi connectivity index (χ0n) is 10.7. The van der Waals surface area contributed by atoms with Gasteiger partial charge in [0.15, 0.2) is 5.82 Å². The fraction of sp³-hybridized carbons (Fsp3) is 0.571. The summed E-state index contributed by atoms with van der Waals surface area (Å²) in [6.45, 7) is 2.97. The highest BCUT2D eigenvalue weighted by Gasteiger charge is 2.21. The predicted octanol–water partition coefficient (Wildman–Crippen LogP) is 3.79. The average Bonchev–Trinajstić information content (AvgIpc) is 2.33. The van der Waals surface area contributed by atoms with Crippen molar-refractivity contribution in [1.29, 1.82) is 0 Å². The Morgan fingerprint density at radius 1 is 1.28 bits per heavy atom. The Hall–Kier alpha value is -1.32. The van der Waals surface area contributed by atoms with Crippen LogP contribution in [0, 0.1) is 23.5 Å². The molecule has 3 N–H and O–H groups in total. The van der Waals surface area contributed by atoms with Crippen LogP contribution in [-0.4, -0.2) is 6.54 Å². The molecule has 2 nitrogen and oxygen atoms in total. The van der Waals surface area contributed by atoms with Crippen LogP contribution in [0.25, 0.3) is 0 Å². The Labute approximate surface area is 107 Å². The van der Waals surface area contributed by atoms with Crippen LogP contribution in [0.5, 0.6) is 0 Å². The van der Waals surface area contributed by atoms with E-state index in [1.165, 1.54) is 31.7 Å². The van der Waals surface area contributed by atoms with Crippen molar-refractivity contribution in [1.82, 2.24) is 0 Å². The number of rotatable bonds is 3. The number of hydrogen-bond donors (Lipinski definition) is 2. The van der Waals surface area contributed by atoms with Crippen molar-refractivity contribution in [3.63, 3.8) is 0 Å². The van der Waals surface area contributed by atoms with Crippen molar-refractivity contribution in [2.75, 3.05) is 17.6 Å². The van der Waals surface area contributed by atoms with Crippen molar-refractivity contribution in [2.24, 2.45) is 11.8 Å². The van der Waals surface area contributed by atoms with E-state index in [9.17, 15) is 8.78 Å². The van der Waals surface area contributed by atoms with Crippen LogP contribution >= 0.6 is 0 Å². The summed E-state index contributed by atoms with van der Waals surface area (Å²) in [6.07, 6.45) is 4.93. The highest BCUT2D eigenvalue weighted by Crippen LogP contribution is 2.31. The molecule has 0 radical (unpaired) electrons. The normalized spacial score (nSPS) is 23.9. The molecule has 2 unspecified atom stereocenters. The Morgan fingerprint density at radius 2 is 2.00 bits per heavy atom. The van der Waals surface area contributed by atoms with Gasteiger partial charge in [-0.25, -0.2) is 8.78 Å². The Morgan fingerprint density at radius 3 is 2.72 bits per heavy atom. The van der Waals surface area contributed by atoms with E-state index in [2.05, 4.69) is 12.2 Å². The molecule has 0 heterocycles. The van der Waals surface area contributed by atoms with E-state index in [-0.39, 0.29) is 5.69 Å². The minimum Gasteiger partial charge on any atom is -0.395 e. The summed E-state index contributed by atoms with van der Waals surface area (Å²) in [5.41, 5.74) is 5.96. The minimum absolute atomic E-state index is 0.000127. The van der Waals surface area contributed by atoms with Gasteiger partial charge in [0.1, 0.15) is 5.82 Å². The lowest BCUT2D eigenvalue weighted by molar-refractivity contribution is 0.268. The maximum atomic E-state index is 13.3. The molecule has 1 aliphatic rings. The van der Waals surface area contributed by atoms with Crippen molar-refractivity contribution in [3.05, 3.63) is 23.8 Å². The second-order valence-electron chi connectivity index (χ2n) is 5.25. The first kappa shape index (κ1) is 13.1. The quantitative estimate of drug-likeness (QED) is 0.805. The molecule has 4 heteroatoms. The number of nitrogen functional groups attached to an aromatic ring is 1. The summed E-state index contributed by atoms with van der Waals surface area (Å²) in [5.74, 6) is -0.0783. The standard InChI is InChI=1S/C14H20F2N2/c1-9-4-2-3-5-10(9)8-18-13-7-11(15)6-12(16)14(13)17/h6-7,9-10,18H,2-5,8,17H2,1H3. The van der Waals surface area contributed by atoms with Gasteiger partial charge >= 0.3 is 0 Å². The molecule has 1 fully saturated rings. The van der Waals surface area contributed by atoms with Gasteiger partial charge in [0.25, 0.3) is 0 Å². The summed E-state index contributed by atoms with van der Waals surface area (Å²) in [5, 5.41) is 3.09. The molecule has 1 aliphatic carbocycles. The lowest BCUT2D eigenvalue weighted by Crippen LogP contribution is -2.24. The zero-order valence-corrected chi connectivity index (χ0v) is 10.7. The highest BCUT2D eigenvalue weighted by molar-refractivity contribution is 5.66. The molecule has 0 saturated heterocycles. The first-order valence-corrected chi connectivity index (χ1v) is 6.56. The van der Waals surface area contributed by atoms with Crippen LogP contribution in [0.15, 0.2) is 12.1 Å². The predicted molar refractivity (Wildman–Crippen MR) is 70.4 cm³/mol. The third-order valence-electron chi connectivity index (χ3n) is 3.94. The van der Waals surface area contributed by atoms with Gasteiger partial charge in [0.2, 0.25) is 0 Å². The van der Waals surface area contributed by atoms with E-state index in [4.69, 9.17) is 5.73 Å². The molecule has 0 aromatic heterocycles. The zero-order chi connectivity index (χ0) is 13.1. The molecule has 0 amide bonds. The van der Waals surface area contributed by atoms with E-state index < -0.39 is 11.6 Å². The molecular weight excluding hydrogens is 234 g/mol. The first-order chi connectivity index (χ1) is 8.58. The number of hydrogen-bond acceptors (Lipinski definition) is 2. The summed E-state index contributed by atoms with van der Waals surface area (Å²) < 4.78 is 26.4. The minimum atomic E-state index is -0.700. The number of halogens is 2. The van der Waals surface area contributed by atoms with Gasteiger partial charge in [0, 0.05) is 12.6 Å². The third-order valence-corrected chi connectivity index (χ3v) is 3.94. The summed E-state index contributed by atoms with van der Waals surface area (Å²) >= 11 is 0. The number of benzene rings is 1. The van der Waals surface area contributed by atoms with Gasteiger partial charge in [-0.1, -0.05) is 26.2 Å². The molecule has 0 aliphatic heterocycles. The van der Waals surface area contributed by atoms with Crippen molar-refractivity contribution < 1.29 is 8.78 Å². The SMILES string of the molecule is CC1CCCCC1CNc1cc(F)cc(F)c1N. The molecule has 0 spiro atoms. The van der Waals surface area contributed by atoms with Crippen LogP contribution in [0.1, 0.15) is 32.6 Å². The van der Waals surface area contributed by atoms with E-state index >= 15 is 0 Å². The van der Waals surface area contributed by atoms with E-state index in [1.807, 2.05) is 0 Å². The van der Waals surface area contributed by atoms with Gasteiger partial charge in [-0.2, -0.15) is 0 Å². The largest absolute Gasteiger partial charge is 0.395 e.